The number of hydrogen-bond acceptors (Lipinski definition) is 6. The Morgan fingerprint density at radius 1 is 1.13 bits per heavy atom. The summed E-state index contributed by atoms with van der Waals surface area (Å²) in [6.07, 6.45) is 1.31. The van der Waals surface area contributed by atoms with Gasteiger partial charge in [0.15, 0.2) is 0 Å². The molecule has 0 aliphatic carbocycles. The quantitative estimate of drug-likeness (QED) is 0.437. The molecule has 3 rings (SSSR count). The summed E-state index contributed by atoms with van der Waals surface area (Å²) < 4.78 is 18.1. The Labute approximate surface area is 180 Å². The van der Waals surface area contributed by atoms with Crippen LogP contribution in [0.15, 0.2) is 60.3 Å². The fourth-order valence-electron chi connectivity index (χ4n) is 3.28. The van der Waals surface area contributed by atoms with Crippen molar-refractivity contribution in [3.05, 3.63) is 71.7 Å². The van der Waals surface area contributed by atoms with Crippen LogP contribution < -0.4 is 10.2 Å². The smallest absolute Gasteiger partial charge is 0.340 e. The third-order valence-electron chi connectivity index (χ3n) is 4.90. The molecule has 1 heterocycles. The van der Waals surface area contributed by atoms with Gasteiger partial charge in [-0.15, -0.1) is 0 Å². The van der Waals surface area contributed by atoms with Gasteiger partial charge in [-0.3, -0.25) is 4.79 Å². The van der Waals surface area contributed by atoms with Crippen LogP contribution in [0.4, 0.5) is 15.8 Å². The summed E-state index contributed by atoms with van der Waals surface area (Å²) in [5, 5.41) is 12.4. The van der Waals surface area contributed by atoms with Crippen LogP contribution in [0.5, 0.6) is 0 Å². The minimum atomic E-state index is -0.485. The van der Waals surface area contributed by atoms with E-state index in [2.05, 4.69) is 10.2 Å². The molecule has 1 saturated heterocycles. The Morgan fingerprint density at radius 3 is 2.45 bits per heavy atom. The molecule has 0 bridgehead atoms. The van der Waals surface area contributed by atoms with Gasteiger partial charge in [0.2, 0.25) is 0 Å². The van der Waals surface area contributed by atoms with Gasteiger partial charge in [-0.1, -0.05) is 12.1 Å². The number of rotatable bonds is 6. The highest BCUT2D eigenvalue weighted by atomic mass is 19.1. The first kappa shape index (κ1) is 21.8. The summed E-state index contributed by atoms with van der Waals surface area (Å²) in [7, 11) is 0. The van der Waals surface area contributed by atoms with Gasteiger partial charge in [0, 0.05) is 38.1 Å². The molecule has 0 saturated carbocycles. The average molecular weight is 422 g/mol. The molecule has 1 amide bonds. The van der Waals surface area contributed by atoms with Crippen molar-refractivity contribution in [2.24, 2.45) is 0 Å². The van der Waals surface area contributed by atoms with Gasteiger partial charge in [-0.2, -0.15) is 5.26 Å². The van der Waals surface area contributed by atoms with E-state index in [1.165, 1.54) is 18.3 Å². The van der Waals surface area contributed by atoms with Crippen molar-refractivity contribution >= 4 is 23.3 Å². The predicted molar refractivity (Wildman–Crippen MR) is 115 cm³/mol. The van der Waals surface area contributed by atoms with Crippen molar-refractivity contribution in [1.29, 1.82) is 5.26 Å². The van der Waals surface area contributed by atoms with Crippen LogP contribution >= 0.6 is 0 Å². The summed E-state index contributed by atoms with van der Waals surface area (Å²) in [6.45, 7) is 4.00. The molecule has 0 atom stereocenters. The standard InChI is InChI=1S/C23H23FN4O3/c1-2-31-23(30)20-5-3-4-6-21(20)26-16-17(15-25)22(29)28-13-11-27(12-14-28)19-9-7-18(24)8-10-19/h3-10,16,26H,2,11-14H2,1H3/b17-16-. The molecule has 2 aromatic carbocycles. The number of nitrogens with one attached hydrogen (secondary N) is 1. The number of benzene rings is 2. The van der Waals surface area contributed by atoms with E-state index in [1.807, 2.05) is 6.07 Å². The zero-order chi connectivity index (χ0) is 22.2. The van der Waals surface area contributed by atoms with Gasteiger partial charge in [0.1, 0.15) is 17.5 Å². The number of ether oxygens (including phenoxy) is 1. The van der Waals surface area contributed by atoms with Crippen LogP contribution in [0, 0.1) is 17.1 Å². The van der Waals surface area contributed by atoms with E-state index in [0.29, 0.717) is 37.4 Å². The Bertz CT molecular complexity index is 1010. The fourth-order valence-corrected chi connectivity index (χ4v) is 3.28. The molecule has 1 fully saturated rings. The van der Waals surface area contributed by atoms with Gasteiger partial charge in [-0.25, -0.2) is 9.18 Å². The van der Waals surface area contributed by atoms with E-state index in [9.17, 15) is 19.2 Å². The van der Waals surface area contributed by atoms with Crippen LogP contribution in [0.25, 0.3) is 0 Å². The fraction of sp³-hybridized carbons (Fsp3) is 0.261. The van der Waals surface area contributed by atoms with Gasteiger partial charge in [-0.05, 0) is 43.3 Å². The lowest BCUT2D eigenvalue weighted by molar-refractivity contribution is -0.127. The van der Waals surface area contributed by atoms with Crippen molar-refractivity contribution in [2.45, 2.75) is 6.92 Å². The summed E-state index contributed by atoms with van der Waals surface area (Å²) in [4.78, 5) is 28.5. The van der Waals surface area contributed by atoms with Gasteiger partial charge < -0.3 is 19.9 Å². The second kappa shape index (κ2) is 10.3. The molecule has 1 aliphatic heterocycles. The van der Waals surface area contributed by atoms with Crippen molar-refractivity contribution in [2.75, 3.05) is 43.0 Å². The molecule has 8 heteroatoms. The zero-order valence-corrected chi connectivity index (χ0v) is 17.2. The topological polar surface area (TPSA) is 85.7 Å². The minimum absolute atomic E-state index is 0.0612. The third kappa shape index (κ3) is 5.39. The van der Waals surface area contributed by atoms with Crippen molar-refractivity contribution in [3.8, 4) is 6.07 Å². The zero-order valence-electron chi connectivity index (χ0n) is 17.2. The lowest BCUT2D eigenvalue weighted by Gasteiger charge is -2.36. The van der Waals surface area contributed by atoms with Crippen molar-refractivity contribution < 1.29 is 18.7 Å². The normalized spacial score (nSPS) is 14.0. The van der Waals surface area contributed by atoms with E-state index in [0.717, 1.165) is 5.69 Å². The molecule has 160 valence electrons. The van der Waals surface area contributed by atoms with Crippen LogP contribution in [-0.2, 0) is 9.53 Å². The molecule has 7 nitrogen and oxygen atoms in total. The number of para-hydroxylation sites is 1. The number of carbonyl (C=O) groups excluding carboxylic acids is 2. The van der Waals surface area contributed by atoms with Gasteiger partial charge in [0.25, 0.3) is 5.91 Å². The number of esters is 1. The Kier molecular flexibility index (Phi) is 7.22. The molecular weight excluding hydrogens is 399 g/mol. The van der Waals surface area contributed by atoms with E-state index in [4.69, 9.17) is 4.74 Å². The van der Waals surface area contributed by atoms with Gasteiger partial charge in [0.05, 0.1) is 17.9 Å². The highest BCUT2D eigenvalue weighted by Crippen LogP contribution is 2.19. The first-order chi connectivity index (χ1) is 15.0. The maximum Gasteiger partial charge on any atom is 0.340 e. The van der Waals surface area contributed by atoms with E-state index in [-0.39, 0.29) is 23.9 Å². The highest BCUT2D eigenvalue weighted by Gasteiger charge is 2.24. The number of nitrogens with zero attached hydrogens (tertiary/aromatic N) is 3. The first-order valence-electron chi connectivity index (χ1n) is 9.96. The number of hydrogen-bond donors (Lipinski definition) is 1. The molecule has 0 unspecified atom stereocenters. The number of carbonyl (C=O) groups is 2. The summed E-state index contributed by atoms with van der Waals surface area (Å²) >= 11 is 0. The highest BCUT2D eigenvalue weighted by molar-refractivity contribution is 5.99. The lowest BCUT2D eigenvalue weighted by atomic mass is 10.1. The van der Waals surface area contributed by atoms with Crippen molar-refractivity contribution in [1.82, 2.24) is 4.90 Å². The Balaban J connectivity index is 1.65. The lowest BCUT2D eigenvalue weighted by Crippen LogP contribution is -2.49. The molecule has 31 heavy (non-hydrogen) atoms. The van der Waals surface area contributed by atoms with Crippen LogP contribution in [0.1, 0.15) is 17.3 Å². The van der Waals surface area contributed by atoms with Gasteiger partial charge >= 0.3 is 5.97 Å². The van der Waals surface area contributed by atoms with Crippen LogP contribution in [0.3, 0.4) is 0 Å². The number of halogens is 1. The monoisotopic (exact) mass is 422 g/mol. The number of piperazine rings is 1. The second-order valence-electron chi connectivity index (χ2n) is 6.84. The molecule has 0 spiro atoms. The SMILES string of the molecule is CCOC(=O)c1ccccc1N/C=C(/C#N)C(=O)N1CCN(c2ccc(F)cc2)CC1. The first-order valence-corrected chi connectivity index (χ1v) is 9.96. The predicted octanol–water partition coefficient (Wildman–Crippen LogP) is 3.17. The molecule has 1 aliphatic rings. The summed E-state index contributed by atoms with van der Waals surface area (Å²) in [5.41, 5.74) is 1.59. The number of amides is 1. The molecular formula is C23H23FN4O3. The number of nitriles is 1. The third-order valence-corrected chi connectivity index (χ3v) is 4.90. The molecule has 1 N–H and O–H groups in total. The Morgan fingerprint density at radius 2 is 1.81 bits per heavy atom. The minimum Gasteiger partial charge on any atom is -0.462 e. The van der Waals surface area contributed by atoms with E-state index < -0.39 is 5.97 Å². The average Bonchev–Trinajstić information content (AvgIpc) is 2.80. The molecule has 0 radical (unpaired) electrons. The molecule has 0 aromatic heterocycles. The molecule has 2 aromatic rings. The van der Waals surface area contributed by atoms with E-state index in [1.54, 1.807) is 48.2 Å². The van der Waals surface area contributed by atoms with Crippen LogP contribution in [-0.4, -0.2) is 49.6 Å². The van der Waals surface area contributed by atoms with Crippen molar-refractivity contribution in [3.63, 3.8) is 0 Å². The summed E-state index contributed by atoms with van der Waals surface area (Å²) in [5.74, 6) is -1.17. The Hall–Kier alpha value is -3.86. The number of anilines is 2. The van der Waals surface area contributed by atoms with E-state index >= 15 is 0 Å². The summed E-state index contributed by atoms with van der Waals surface area (Å²) in [6, 6.07) is 14.9. The maximum atomic E-state index is 13.1. The second-order valence-corrected chi connectivity index (χ2v) is 6.84. The van der Waals surface area contributed by atoms with Crippen LogP contribution in [0.2, 0.25) is 0 Å². The maximum absolute atomic E-state index is 13.1. The largest absolute Gasteiger partial charge is 0.462 e.